The van der Waals surface area contributed by atoms with E-state index in [0.717, 1.165) is 0 Å². The Morgan fingerprint density at radius 1 is 1.27 bits per heavy atom. The van der Waals surface area contributed by atoms with Crippen molar-refractivity contribution in [3.8, 4) is 17.3 Å². The third kappa shape index (κ3) is 3.66. The van der Waals surface area contributed by atoms with Gasteiger partial charge in [0.05, 0.1) is 23.1 Å². The van der Waals surface area contributed by atoms with Gasteiger partial charge in [0.15, 0.2) is 0 Å². The van der Waals surface area contributed by atoms with Gasteiger partial charge in [0, 0.05) is 5.56 Å². The van der Waals surface area contributed by atoms with Crippen LogP contribution in [0.15, 0.2) is 30.3 Å². The van der Waals surface area contributed by atoms with Crippen LogP contribution in [-0.4, -0.2) is 18.7 Å². The van der Waals surface area contributed by atoms with Crippen LogP contribution in [0, 0.1) is 11.3 Å². The molecule has 1 unspecified atom stereocenters. The van der Waals surface area contributed by atoms with Crippen LogP contribution in [-0.2, 0) is 23.0 Å². The zero-order valence-electron chi connectivity index (χ0n) is 10.8. The van der Waals surface area contributed by atoms with E-state index in [-0.39, 0.29) is 16.8 Å². The largest absolute Gasteiger partial charge is 0.772 e. The predicted molar refractivity (Wildman–Crippen MR) is 69.8 cm³/mol. The summed E-state index contributed by atoms with van der Waals surface area (Å²) in [6.07, 6.45) is -4.75. The van der Waals surface area contributed by atoms with E-state index in [4.69, 9.17) is 5.26 Å². The summed E-state index contributed by atoms with van der Waals surface area (Å²) >= 11 is -2.63. The van der Waals surface area contributed by atoms with Crippen LogP contribution in [0.2, 0.25) is 0 Å². The third-order valence-electron chi connectivity index (χ3n) is 2.63. The fraction of sp³-hybridized carbons (Fsp3) is 0.154. The van der Waals surface area contributed by atoms with E-state index in [0.29, 0.717) is 6.07 Å². The molecule has 0 amide bonds. The van der Waals surface area contributed by atoms with Crippen LogP contribution in [0.5, 0.6) is 0 Å². The molecule has 1 heterocycles. The summed E-state index contributed by atoms with van der Waals surface area (Å²) < 4.78 is 60.0. The number of hydrogen-bond donors (Lipinski definition) is 0. The van der Waals surface area contributed by atoms with Gasteiger partial charge in [0.25, 0.3) is 0 Å². The van der Waals surface area contributed by atoms with Gasteiger partial charge in [-0.1, -0.05) is 18.2 Å². The second-order valence-corrected chi connectivity index (χ2v) is 5.05. The average Bonchev–Trinajstić information content (AvgIpc) is 2.45. The lowest BCUT2D eigenvalue weighted by atomic mass is 10.0. The van der Waals surface area contributed by atoms with E-state index in [9.17, 15) is 21.9 Å². The topological polar surface area (TPSA) is 89.7 Å². The minimum absolute atomic E-state index is 0.128. The Morgan fingerprint density at radius 3 is 2.55 bits per heavy atom. The van der Waals surface area contributed by atoms with Crippen molar-refractivity contribution >= 4 is 11.1 Å². The van der Waals surface area contributed by atoms with Gasteiger partial charge in [-0.25, -0.2) is 9.97 Å². The molecule has 0 saturated heterocycles. The first kappa shape index (κ1) is 16.1. The quantitative estimate of drug-likeness (QED) is 0.808. The molecule has 0 spiro atoms. The molecule has 114 valence electrons. The smallest absolute Gasteiger partial charge is 0.433 e. The summed E-state index contributed by atoms with van der Waals surface area (Å²) in [4.78, 5) is 7.02. The van der Waals surface area contributed by atoms with E-state index in [2.05, 4.69) is 9.97 Å². The number of rotatable bonds is 3. The molecular formula is C13H7F3N3O2S-. The van der Waals surface area contributed by atoms with Gasteiger partial charge in [-0.3, -0.25) is 4.21 Å². The molecule has 1 aromatic heterocycles. The summed E-state index contributed by atoms with van der Waals surface area (Å²) in [6.45, 7) is 0. The molecule has 1 atom stereocenters. The fourth-order valence-corrected chi connectivity index (χ4v) is 2.09. The zero-order valence-corrected chi connectivity index (χ0v) is 11.6. The fourth-order valence-electron chi connectivity index (χ4n) is 1.75. The Balaban J connectivity index is 2.65. The molecule has 2 rings (SSSR count). The maximum atomic E-state index is 12.9. The lowest BCUT2D eigenvalue weighted by Crippen LogP contribution is -2.13. The highest BCUT2D eigenvalue weighted by Crippen LogP contribution is 2.31. The van der Waals surface area contributed by atoms with Gasteiger partial charge in [-0.2, -0.15) is 18.4 Å². The molecule has 1 aromatic carbocycles. The Morgan fingerprint density at radius 2 is 1.95 bits per heavy atom. The molecule has 5 nitrogen and oxygen atoms in total. The summed E-state index contributed by atoms with van der Waals surface area (Å²) in [5.41, 5.74) is -1.11. The van der Waals surface area contributed by atoms with Crippen LogP contribution in [0.1, 0.15) is 17.1 Å². The molecular weight excluding hydrogens is 319 g/mol. The zero-order chi connectivity index (χ0) is 16.3. The number of nitrogens with zero attached hydrogens (tertiary/aromatic N) is 3. The van der Waals surface area contributed by atoms with Gasteiger partial charge in [0.2, 0.25) is 0 Å². The molecule has 0 aliphatic rings. The number of hydrogen-bond acceptors (Lipinski definition) is 5. The van der Waals surface area contributed by atoms with Gasteiger partial charge in [-0.05, 0) is 23.2 Å². The van der Waals surface area contributed by atoms with Crippen LogP contribution >= 0.6 is 0 Å². The van der Waals surface area contributed by atoms with Crippen LogP contribution < -0.4 is 0 Å². The first-order valence-electron chi connectivity index (χ1n) is 5.82. The summed E-state index contributed by atoms with van der Waals surface area (Å²) in [7, 11) is 0. The molecule has 2 aromatic rings. The van der Waals surface area contributed by atoms with Crippen molar-refractivity contribution in [3.05, 3.63) is 47.4 Å². The Kier molecular flexibility index (Phi) is 4.54. The Hall–Kier alpha value is -2.31. The van der Waals surface area contributed by atoms with E-state index >= 15 is 0 Å². The van der Waals surface area contributed by atoms with Gasteiger partial charge in [-0.15, -0.1) is 0 Å². The minimum Gasteiger partial charge on any atom is -0.772 e. The highest BCUT2D eigenvalue weighted by molar-refractivity contribution is 7.78. The van der Waals surface area contributed by atoms with Crippen molar-refractivity contribution < 1.29 is 21.9 Å². The number of alkyl halides is 3. The van der Waals surface area contributed by atoms with Crippen molar-refractivity contribution in [2.75, 3.05) is 0 Å². The standard InChI is InChI=1S/C13H8F3N3O2S/c14-13(15,16)11-5-10(18-12(19-11)7-22(20)21)9-4-2-1-3-8(9)6-17/h1-5H,7H2,(H,20,21)/p-1. The second-order valence-electron chi connectivity index (χ2n) is 4.16. The molecule has 22 heavy (non-hydrogen) atoms. The molecule has 0 fully saturated rings. The maximum absolute atomic E-state index is 12.9. The Labute approximate surface area is 125 Å². The van der Waals surface area contributed by atoms with Gasteiger partial charge in [0.1, 0.15) is 11.5 Å². The molecule has 0 radical (unpaired) electrons. The van der Waals surface area contributed by atoms with Crippen LogP contribution in [0.25, 0.3) is 11.3 Å². The number of halogens is 3. The highest BCUT2D eigenvalue weighted by atomic mass is 32.2. The van der Waals surface area contributed by atoms with E-state index < -0.39 is 34.5 Å². The predicted octanol–water partition coefficient (Wildman–Crippen LogP) is 2.41. The van der Waals surface area contributed by atoms with Crippen molar-refractivity contribution in [1.82, 2.24) is 9.97 Å². The molecule has 0 bridgehead atoms. The summed E-state index contributed by atoms with van der Waals surface area (Å²) in [5, 5.41) is 9.01. The van der Waals surface area contributed by atoms with E-state index in [1.807, 2.05) is 6.07 Å². The van der Waals surface area contributed by atoms with Crippen molar-refractivity contribution in [2.24, 2.45) is 0 Å². The number of benzene rings is 1. The van der Waals surface area contributed by atoms with E-state index in [1.54, 1.807) is 6.07 Å². The van der Waals surface area contributed by atoms with Crippen LogP contribution in [0.4, 0.5) is 13.2 Å². The van der Waals surface area contributed by atoms with E-state index in [1.165, 1.54) is 18.2 Å². The second kappa shape index (κ2) is 6.21. The number of nitriles is 1. The normalized spacial score (nSPS) is 12.7. The molecule has 0 aliphatic carbocycles. The third-order valence-corrected chi connectivity index (χ3v) is 3.13. The first-order valence-corrected chi connectivity index (χ1v) is 7.06. The first-order chi connectivity index (χ1) is 10.3. The molecule has 0 saturated carbocycles. The summed E-state index contributed by atoms with van der Waals surface area (Å²) in [5.74, 6) is -1.23. The number of aromatic nitrogens is 2. The lowest BCUT2D eigenvalue weighted by molar-refractivity contribution is -0.141. The van der Waals surface area contributed by atoms with Crippen molar-refractivity contribution in [3.63, 3.8) is 0 Å². The lowest BCUT2D eigenvalue weighted by Gasteiger charge is -2.12. The Bertz CT molecular complexity index is 772. The maximum Gasteiger partial charge on any atom is 0.433 e. The van der Waals surface area contributed by atoms with Gasteiger partial charge < -0.3 is 4.55 Å². The van der Waals surface area contributed by atoms with Crippen LogP contribution in [0.3, 0.4) is 0 Å². The van der Waals surface area contributed by atoms with Crippen molar-refractivity contribution in [1.29, 1.82) is 5.26 Å². The average molecular weight is 326 g/mol. The summed E-state index contributed by atoms with van der Waals surface area (Å²) in [6, 6.07) is 8.49. The SMILES string of the molecule is N#Cc1ccccc1-c1cc(C(F)(F)F)nc(CS(=O)[O-])n1. The minimum atomic E-state index is -4.75. The van der Waals surface area contributed by atoms with Gasteiger partial charge >= 0.3 is 6.18 Å². The monoisotopic (exact) mass is 326 g/mol. The highest BCUT2D eigenvalue weighted by Gasteiger charge is 2.33. The molecule has 0 aliphatic heterocycles. The molecule has 0 N–H and O–H groups in total. The van der Waals surface area contributed by atoms with Crippen molar-refractivity contribution in [2.45, 2.75) is 11.9 Å². The molecule has 9 heteroatoms.